The Morgan fingerprint density at radius 3 is 2.39 bits per heavy atom. The summed E-state index contributed by atoms with van der Waals surface area (Å²) in [6.45, 7) is 0. The van der Waals surface area contributed by atoms with Crippen molar-refractivity contribution in [1.29, 1.82) is 5.26 Å². The quantitative estimate of drug-likeness (QED) is 0.898. The minimum absolute atomic E-state index is 0.0826. The molecule has 1 fully saturated rings. The molecule has 0 aromatic carbocycles. The zero-order valence-corrected chi connectivity index (χ0v) is 10.3. The molecule has 0 radical (unpaired) electrons. The number of thiophene rings is 1. The molecular weight excluding hydrogens is 260 g/mol. The molecule has 1 aliphatic rings. The van der Waals surface area contributed by atoms with E-state index >= 15 is 0 Å². The van der Waals surface area contributed by atoms with Crippen molar-refractivity contribution in [3.63, 3.8) is 0 Å². The fourth-order valence-electron chi connectivity index (χ4n) is 2.26. The van der Waals surface area contributed by atoms with Crippen LogP contribution in [0.5, 0.6) is 0 Å². The maximum Gasteiger partial charge on any atom is 0.314 e. The summed E-state index contributed by atoms with van der Waals surface area (Å²) < 4.78 is 26.3. The Morgan fingerprint density at radius 1 is 1.33 bits per heavy atom. The Hall–Kier alpha value is -1.48. The lowest BCUT2D eigenvalue weighted by molar-refractivity contribution is -0.148. The SMILES string of the molecule is N#Cc1ccc(C2(C(=O)O)CCC(F)(F)CC2)s1. The number of halogens is 2. The van der Waals surface area contributed by atoms with Gasteiger partial charge in [-0.1, -0.05) is 0 Å². The van der Waals surface area contributed by atoms with Crippen LogP contribution < -0.4 is 0 Å². The molecule has 0 spiro atoms. The van der Waals surface area contributed by atoms with Crippen molar-refractivity contribution in [2.24, 2.45) is 0 Å². The van der Waals surface area contributed by atoms with Crippen LogP contribution in [-0.2, 0) is 10.2 Å². The van der Waals surface area contributed by atoms with Crippen LogP contribution in [0.3, 0.4) is 0 Å². The zero-order valence-electron chi connectivity index (χ0n) is 9.45. The van der Waals surface area contributed by atoms with Crippen molar-refractivity contribution < 1.29 is 18.7 Å². The maximum atomic E-state index is 13.2. The van der Waals surface area contributed by atoms with Gasteiger partial charge in [0.15, 0.2) is 0 Å². The van der Waals surface area contributed by atoms with Crippen LogP contribution in [0.1, 0.15) is 35.4 Å². The van der Waals surface area contributed by atoms with Gasteiger partial charge in [-0.25, -0.2) is 8.78 Å². The van der Waals surface area contributed by atoms with Gasteiger partial charge in [-0.05, 0) is 25.0 Å². The van der Waals surface area contributed by atoms with Gasteiger partial charge < -0.3 is 5.11 Å². The molecule has 1 aliphatic carbocycles. The molecule has 6 heteroatoms. The molecule has 0 bridgehead atoms. The van der Waals surface area contributed by atoms with Crippen LogP contribution in [0.2, 0.25) is 0 Å². The summed E-state index contributed by atoms with van der Waals surface area (Å²) in [5.74, 6) is -3.85. The van der Waals surface area contributed by atoms with Gasteiger partial charge in [0.2, 0.25) is 5.92 Å². The molecule has 3 nitrogen and oxygen atoms in total. The molecule has 2 rings (SSSR count). The summed E-state index contributed by atoms with van der Waals surface area (Å²) in [7, 11) is 0. The summed E-state index contributed by atoms with van der Waals surface area (Å²) in [5, 5.41) is 18.1. The third-order valence-corrected chi connectivity index (χ3v) is 4.63. The number of rotatable bonds is 2. The first-order chi connectivity index (χ1) is 8.39. The van der Waals surface area contributed by atoms with E-state index in [0.29, 0.717) is 9.75 Å². The lowest BCUT2D eigenvalue weighted by Crippen LogP contribution is -2.42. The molecule has 0 saturated heterocycles. The molecule has 0 unspecified atom stereocenters. The average molecular weight is 271 g/mol. The van der Waals surface area contributed by atoms with E-state index in [-0.39, 0.29) is 12.8 Å². The van der Waals surface area contributed by atoms with E-state index in [1.807, 2.05) is 6.07 Å². The van der Waals surface area contributed by atoms with E-state index in [2.05, 4.69) is 0 Å². The number of carboxylic acids is 1. The summed E-state index contributed by atoms with van der Waals surface area (Å²) in [6.07, 6.45) is -1.00. The predicted octanol–water partition coefficient (Wildman–Crippen LogP) is 3.15. The highest BCUT2D eigenvalue weighted by molar-refractivity contribution is 7.12. The monoisotopic (exact) mass is 271 g/mol. The third-order valence-electron chi connectivity index (χ3n) is 3.43. The molecule has 1 N–H and O–H groups in total. The Bertz CT molecular complexity index is 508. The summed E-state index contributed by atoms with van der Waals surface area (Å²) >= 11 is 1.08. The summed E-state index contributed by atoms with van der Waals surface area (Å²) in [5.41, 5.74) is -1.25. The van der Waals surface area contributed by atoms with Gasteiger partial charge in [0.05, 0.1) is 0 Å². The smallest absolute Gasteiger partial charge is 0.314 e. The van der Waals surface area contributed by atoms with Crippen molar-refractivity contribution in [1.82, 2.24) is 0 Å². The van der Waals surface area contributed by atoms with Gasteiger partial charge in [-0.3, -0.25) is 4.79 Å². The van der Waals surface area contributed by atoms with E-state index < -0.39 is 30.1 Å². The molecular formula is C12H11F2NO2S. The minimum atomic E-state index is -2.77. The number of aliphatic carboxylic acids is 1. The van der Waals surface area contributed by atoms with E-state index in [0.717, 1.165) is 11.3 Å². The standard InChI is InChI=1S/C12H11F2NO2S/c13-12(14)5-3-11(4-6-12,10(16)17)9-2-1-8(7-15)18-9/h1-2H,3-6H2,(H,16,17). The van der Waals surface area contributed by atoms with E-state index in [9.17, 15) is 18.7 Å². The third kappa shape index (κ3) is 2.10. The van der Waals surface area contributed by atoms with E-state index in [4.69, 9.17) is 5.26 Å². The lowest BCUT2D eigenvalue weighted by atomic mass is 9.72. The molecule has 0 atom stereocenters. The van der Waals surface area contributed by atoms with Crippen molar-refractivity contribution in [2.45, 2.75) is 37.0 Å². The molecule has 0 amide bonds. The average Bonchev–Trinajstić information content (AvgIpc) is 2.78. The van der Waals surface area contributed by atoms with Gasteiger partial charge >= 0.3 is 5.97 Å². The van der Waals surface area contributed by atoms with Gasteiger partial charge in [0, 0.05) is 17.7 Å². The topological polar surface area (TPSA) is 61.1 Å². The minimum Gasteiger partial charge on any atom is -0.481 e. The Morgan fingerprint density at radius 2 is 1.94 bits per heavy atom. The van der Waals surface area contributed by atoms with E-state index in [1.54, 1.807) is 6.07 Å². The fraction of sp³-hybridized carbons (Fsp3) is 0.500. The summed E-state index contributed by atoms with van der Waals surface area (Å²) in [4.78, 5) is 12.4. The number of nitrogens with zero attached hydrogens (tertiary/aromatic N) is 1. The van der Waals surface area contributed by atoms with Crippen LogP contribution in [0.25, 0.3) is 0 Å². The molecule has 1 saturated carbocycles. The first-order valence-electron chi connectivity index (χ1n) is 5.51. The van der Waals surface area contributed by atoms with Gasteiger partial charge in [-0.15, -0.1) is 11.3 Å². The molecule has 0 aliphatic heterocycles. The molecule has 1 aromatic heterocycles. The fourth-order valence-corrected chi connectivity index (χ4v) is 3.30. The normalized spacial score (nSPS) is 21.2. The first-order valence-corrected chi connectivity index (χ1v) is 6.33. The number of alkyl halides is 2. The number of hydrogen-bond donors (Lipinski definition) is 1. The van der Waals surface area contributed by atoms with Crippen LogP contribution >= 0.6 is 11.3 Å². The molecule has 18 heavy (non-hydrogen) atoms. The molecule has 1 heterocycles. The number of hydrogen-bond acceptors (Lipinski definition) is 3. The second-order valence-corrected chi connectivity index (χ2v) is 5.60. The highest BCUT2D eigenvalue weighted by Gasteiger charge is 2.49. The van der Waals surface area contributed by atoms with Gasteiger partial charge in [0.25, 0.3) is 0 Å². The Balaban J connectivity index is 2.35. The van der Waals surface area contributed by atoms with Crippen LogP contribution in [0.4, 0.5) is 8.78 Å². The van der Waals surface area contributed by atoms with Crippen molar-refractivity contribution in [3.05, 3.63) is 21.9 Å². The second-order valence-electron chi connectivity index (χ2n) is 4.52. The Kier molecular flexibility index (Phi) is 3.11. The van der Waals surface area contributed by atoms with E-state index in [1.165, 1.54) is 6.07 Å². The zero-order chi connectivity index (χ0) is 13.4. The van der Waals surface area contributed by atoms with Crippen molar-refractivity contribution in [2.75, 3.05) is 0 Å². The predicted molar refractivity (Wildman–Crippen MR) is 61.8 cm³/mol. The van der Waals surface area contributed by atoms with Crippen LogP contribution in [0, 0.1) is 11.3 Å². The number of carboxylic acid groups (broad SMARTS) is 1. The largest absolute Gasteiger partial charge is 0.481 e. The highest BCUT2D eigenvalue weighted by atomic mass is 32.1. The first kappa shape index (κ1) is 13.0. The highest BCUT2D eigenvalue weighted by Crippen LogP contribution is 2.47. The van der Waals surface area contributed by atoms with Crippen LogP contribution in [0.15, 0.2) is 12.1 Å². The Labute approximate surface area is 107 Å². The summed E-state index contributed by atoms with van der Waals surface area (Å²) in [6, 6.07) is 5.05. The van der Waals surface area contributed by atoms with Crippen molar-refractivity contribution in [3.8, 4) is 6.07 Å². The number of nitriles is 1. The van der Waals surface area contributed by atoms with Crippen molar-refractivity contribution >= 4 is 17.3 Å². The van der Waals surface area contributed by atoms with Gasteiger partial charge in [0.1, 0.15) is 16.4 Å². The maximum absolute atomic E-state index is 13.2. The second kappa shape index (κ2) is 4.32. The number of carbonyl (C=O) groups is 1. The van der Waals surface area contributed by atoms with Gasteiger partial charge in [-0.2, -0.15) is 5.26 Å². The van der Waals surface area contributed by atoms with Crippen LogP contribution in [-0.4, -0.2) is 17.0 Å². The lowest BCUT2D eigenvalue weighted by Gasteiger charge is -2.35. The molecule has 1 aromatic rings. The molecule has 96 valence electrons.